The van der Waals surface area contributed by atoms with Gasteiger partial charge in [-0.3, -0.25) is 0 Å². The average molecular weight is 611 g/mol. The van der Waals surface area contributed by atoms with Crippen LogP contribution < -0.4 is 0 Å². The Morgan fingerprint density at radius 2 is 1.19 bits per heavy atom. The minimum atomic E-state index is 0.542. The normalized spacial score (nSPS) is 12.3. The molecular weight excluding hydrogens is 585 g/mol. The quantitative estimate of drug-likeness (QED) is 0.199. The van der Waals surface area contributed by atoms with E-state index in [0.717, 1.165) is 73.3 Å². The summed E-state index contributed by atoms with van der Waals surface area (Å²) in [5, 5.41) is 23.6. The highest BCUT2D eigenvalue weighted by Gasteiger charge is 2.26. The molecule has 1 aliphatic rings. The van der Waals surface area contributed by atoms with Crippen LogP contribution in [0.4, 0.5) is 0 Å². The summed E-state index contributed by atoms with van der Waals surface area (Å²) in [6, 6.07) is 55.2. The molecule has 2 heterocycles. The van der Waals surface area contributed by atoms with Gasteiger partial charge in [0.25, 0.3) is 0 Å². The first-order valence-electron chi connectivity index (χ1n) is 16.0. The molecule has 2 aromatic heterocycles. The molecule has 0 unspecified atom stereocenters. The Morgan fingerprint density at radius 3 is 1.92 bits per heavy atom. The van der Waals surface area contributed by atoms with Gasteiger partial charge in [0.05, 0.1) is 45.1 Å². The molecule has 0 aliphatic heterocycles. The van der Waals surface area contributed by atoms with Crippen LogP contribution in [0.1, 0.15) is 23.2 Å². The fourth-order valence-electron chi connectivity index (χ4n) is 7.55. The van der Waals surface area contributed by atoms with Gasteiger partial charge in [0.15, 0.2) is 0 Å². The third kappa shape index (κ3) is 4.03. The SMILES string of the molecule is N#CC1=Cc2c(n(-c3c(-c4c#cccc4C#N)cccc3-c3ccccc3-n3c4ccccc4c4ccccc43)c3ccccc23)CC1. The van der Waals surface area contributed by atoms with Gasteiger partial charge in [-0.05, 0) is 55.3 Å². The minimum Gasteiger partial charge on any atom is -0.312 e. The van der Waals surface area contributed by atoms with Crippen molar-refractivity contribution in [1.82, 2.24) is 9.13 Å². The van der Waals surface area contributed by atoms with Gasteiger partial charge < -0.3 is 9.13 Å². The number of nitriles is 2. The second-order valence-corrected chi connectivity index (χ2v) is 12.1. The van der Waals surface area contributed by atoms with Crippen LogP contribution in [0, 0.1) is 34.8 Å². The highest BCUT2D eigenvalue weighted by Crippen LogP contribution is 2.45. The molecule has 4 heteroatoms. The smallest absolute Gasteiger partial charge is 0.100 e. The summed E-state index contributed by atoms with van der Waals surface area (Å²) in [5.41, 5.74) is 12.6. The van der Waals surface area contributed by atoms with Gasteiger partial charge in [0, 0.05) is 49.7 Å². The number of aromatic nitrogens is 2. The third-order valence-corrected chi connectivity index (χ3v) is 9.57. The average Bonchev–Trinajstić information content (AvgIpc) is 3.67. The summed E-state index contributed by atoms with van der Waals surface area (Å²) >= 11 is 0. The van der Waals surface area contributed by atoms with Crippen molar-refractivity contribution in [2.24, 2.45) is 0 Å². The standard InChI is InChI=1S/C44H26N4/c45-27-29-24-25-43-38(26-29)35-17-6-10-23-42(35)48(43)44-36(31-13-2-1-12-30(31)28-46)18-11-19-37(44)34-16-5-9-22-41(34)47-39-20-7-3-14-32(39)33-15-4-8-21-40(33)47/h1,3-12,14-23,26H,24-25H2. The predicted molar refractivity (Wildman–Crippen MR) is 193 cm³/mol. The number of benzene rings is 5. The van der Waals surface area contributed by atoms with Gasteiger partial charge in [-0.25, -0.2) is 0 Å². The highest BCUT2D eigenvalue weighted by molar-refractivity contribution is 6.10. The Bertz CT molecular complexity index is 2650. The van der Waals surface area contributed by atoms with Gasteiger partial charge in [0.2, 0.25) is 0 Å². The van der Waals surface area contributed by atoms with Crippen molar-refractivity contribution in [3.8, 4) is 45.8 Å². The Morgan fingerprint density at radius 1 is 0.562 bits per heavy atom. The molecule has 0 N–H and O–H groups in total. The molecule has 4 nitrogen and oxygen atoms in total. The minimum absolute atomic E-state index is 0.542. The number of para-hydroxylation sites is 5. The second kappa shape index (κ2) is 10.9. The lowest BCUT2D eigenvalue weighted by molar-refractivity contribution is 0.872. The maximum absolute atomic E-state index is 10.2. The van der Waals surface area contributed by atoms with Crippen LogP contribution in [-0.2, 0) is 6.42 Å². The maximum Gasteiger partial charge on any atom is 0.100 e. The summed E-state index contributed by atoms with van der Waals surface area (Å²) in [6.07, 6.45) is 3.44. The summed E-state index contributed by atoms with van der Waals surface area (Å²) in [4.78, 5) is 0. The van der Waals surface area contributed by atoms with Crippen molar-refractivity contribution in [1.29, 1.82) is 10.5 Å². The van der Waals surface area contributed by atoms with Crippen LogP contribution in [0.5, 0.6) is 0 Å². The molecule has 8 aromatic rings. The molecule has 0 spiro atoms. The van der Waals surface area contributed by atoms with Crippen LogP contribution >= 0.6 is 0 Å². The summed E-state index contributed by atoms with van der Waals surface area (Å²) in [6.45, 7) is 0. The van der Waals surface area contributed by atoms with Crippen LogP contribution in [-0.4, -0.2) is 9.13 Å². The van der Waals surface area contributed by atoms with E-state index in [-0.39, 0.29) is 0 Å². The number of hydrogen-bond acceptors (Lipinski definition) is 2. The second-order valence-electron chi connectivity index (χ2n) is 12.1. The number of allylic oxidation sites excluding steroid dienone is 1. The molecule has 0 bridgehead atoms. The molecule has 222 valence electrons. The summed E-state index contributed by atoms with van der Waals surface area (Å²) in [7, 11) is 0. The fourth-order valence-corrected chi connectivity index (χ4v) is 7.55. The monoisotopic (exact) mass is 610 g/mol. The highest BCUT2D eigenvalue weighted by atomic mass is 15.0. The Hall–Kier alpha value is -6.80. The van der Waals surface area contributed by atoms with Gasteiger partial charge in [-0.2, -0.15) is 10.5 Å². The van der Waals surface area contributed by atoms with Crippen LogP contribution in [0.15, 0.2) is 133 Å². The third-order valence-electron chi connectivity index (χ3n) is 9.57. The Balaban J connectivity index is 1.43. The van der Waals surface area contributed by atoms with E-state index in [0.29, 0.717) is 17.5 Å². The molecule has 1 aliphatic carbocycles. The molecule has 0 saturated heterocycles. The van der Waals surface area contributed by atoms with E-state index < -0.39 is 0 Å². The molecular formula is C44H26N4. The van der Waals surface area contributed by atoms with Crippen molar-refractivity contribution in [3.63, 3.8) is 0 Å². The molecule has 0 radical (unpaired) electrons. The number of nitrogens with zero attached hydrogens (tertiary/aromatic N) is 4. The van der Waals surface area contributed by atoms with E-state index in [1.54, 1.807) is 12.1 Å². The first kappa shape index (κ1) is 27.5. The van der Waals surface area contributed by atoms with E-state index in [4.69, 9.17) is 0 Å². The zero-order valence-corrected chi connectivity index (χ0v) is 25.9. The van der Waals surface area contributed by atoms with Crippen LogP contribution in [0.2, 0.25) is 0 Å². The van der Waals surface area contributed by atoms with E-state index in [1.165, 1.54) is 10.8 Å². The topological polar surface area (TPSA) is 57.4 Å². The van der Waals surface area contributed by atoms with Crippen LogP contribution in [0.3, 0.4) is 0 Å². The van der Waals surface area contributed by atoms with Crippen molar-refractivity contribution >= 4 is 38.8 Å². The van der Waals surface area contributed by atoms with Gasteiger partial charge >= 0.3 is 0 Å². The van der Waals surface area contributed by atoms with Crippen molar-refractivity contribution in [3.05, 3.63) is 162 Å². The van der Waals surface area contributed by atoms with E-state index in [2.05, 4.69) is 155 Å². The fraction of sp³-hybridized carbons (Fsp3) is 0.0455. The van der Waals surface area contributed by atoms with Gasteiger partial charge in [0.1, 0.15) is 6.07 Å². The molecule has 48 heavy (non-hydrogen) atoms. The van der Waals surface area contributed by atoms with E-state index >= 15 is 0 Å². The zero-order valence-electron chi connectivity index (χ0n) is 25.9. The molecule has 6 aromatic carbocycles. The summed E-state index contributed by atoms with van der Waals surface area (Å²) in [5.74, 6) is 0. The lowest BCUT2D eigenvalue weighted by Gasteiger charge is -2.23. The Kier molecular flexibility index (Phi) is 6.26. The molecule has 9 rings (SSSR count). The maximum atomic E-state index is 10.2. The number of hydrogen-bond donors (Lipinski definition) is 0. The lowest BCUT2D eigenvalue weighted by atomic mass is 9.92. The molecule has 0 fully saturated rings. The Labute approximate surface area is 278 Å². The zero-order chi connectivity index (χ0) is 32.2. The molecule has 0 saturated carbocycles. The van der Waals surface area contributed by atoms with Crippen LogP contribution in [0.25, 0.3) is 72.4 Å². The molecule has 0 amide bonds. The predicted octanol–water partition coefficient (Wildman–Crippen LogP) is 10.4. The van der Waals surface area contributed by atoms with E-state index in [1.807, 2.05) is 0 Å². The largest absolute Gasteiger partial charge is 0.312 e. The van der Waals surface area contributed by atoms with Crippen molar-refractivity contribution in [2.45, 2.75) is 12.8 Å². The first-order chi connectivity index (χ1) is 23.8. The van der Waals surface area contributed by atoms with E-state index in [9.17, 15) is 10.5 Å². The number of fused-ring (bicyclic) bond motifs is 6. The van der Waals surface area contributed by atoms with Gasteiger partial charge in [-0.15, -0.1) is 0 Å². The van der Waals surface area contributed by atoms with Gasteiger partial charge in [-0.1, -0.05) is 103 Å². The number of rotatable bonds is 4. The van der Waals surface area contributed by atoms with Crippen molar-refractivity contribution < 1.29 is 0 Å². The lowest BCUT2D eigenvalue weighted by Crippen LogP contribution is -2.08. The summed E-state index contributed by atoms with van der Waals surface area (Å²) < 4.78 is 4.73. The van der Waals surface area contributed by atoms with Crippen molar-refractivity contribution in [2.75, 3.05) is 0 Å². The first-order valence-corrected chi connectivity index (χ1v) is 16.0. The molecule has 0 atom stereocenters.